The summed E-state index contributed by atoms with van der Waals surface area (Å²) >= 11 is 0. The van der Waals surface area contributed by atoms with Gasteiger partial charge >= 0.3 is 0 Å². The minimum atomic E-state index is -0.0622. The molecule has 3 heteroatoms. The van der Waals surface area contributed by atoms with Crippen LogP contribution in [0.3, 0.4) is 0 Å². The molecular formula is C44H37N3. The molecule has 228 valence electrons. The zero-order valence-electron chi connectivity index (χ0n) is 27.1. The van der Waals surface area contributed by atoms with Gasteiger partial charge in [0.2, 0.25) is 0 Å². The second kappa shape index (κ2) is 10.7. The first-order valence-corrected chi connectivity index (χ1v) is 16.6. The minimum Gasteiger partial charge on any atom is -0.320 e. The van der Waals surface area contributed by atoms with Gasteiger partial charge in [0.1, 0.15) is 6.67 Å². The summed E-state index contributed by atoms with van der Waals surface area (Å²) in [4.78, 5) is 8.01. The third kappa shape index (κ3) is 4.41. The lowest BCUT2D eigenvalue weighted by Gasteiger charge is -2.21. The summed E-state index contributed by atoms with van der Waals surface area (Å²) in [5.41, 5.74) is 14.0. The normalized spacial score (nSPS) is 19.6. The summed E-state index contributed by atoms with van der Waals surface area (Å²) in [6.07, 6.45) is 0. The van der Waals surface area contributed by atoms with Crippen molar-refractivity contribution in [3.63, 3.8) is 0 Å². The van der Waals surface area contributed by atoms with Crippen LogP contribution in [-0.2, 0) is 12.1 Å². The number of likely N-dealkylation sites (N-methyl/N-ethyl adjacent to an activating group) is 1. The van der Waals surface area contributed by atoms with Gasteiger partial charge in [-0.25, -0.2) is 0 Å². The van der Waals surface area contributed by atoms with E-state index in [1.165, 1.54) is 66.3 Å². The molecule has 2 aliphatic rings. The number of hydrogen-bond acceptors (Lipinski definition) is 2. The Labute approximate surface area is 276 Å². The molecule has 6 aromatic carbocycles. The van der Waals surface area contributed by atoms with Crippen LogP contribution in [0.1, 0.15) is 42.1 Å². The summed E-state index contributed by atoms with van der Waals surface area (Å²) in [5.74, 6) is 0. The predicted octanol–water partition coefficient (Wildman–Crippen LogP) is 10.3. The fourth-order valence-corrected chi connectivity index (χ4v) is 8.13. The highest BCUT2D eigenvalue weighted by molar-refractivity contribution is 6.11. The second-order valence-corrected chi connectivity index (χ2v) is 13.6. The summed E-state index contributed by atoms with van der Waals surface area (Å²) in [6.45, 7) is 5.27. The van der Waals surface area contributed by atoms with Crippen LogP contribution in [0.25, 0.3) is 44.1 Å². The third-order valence-electron chi connectivity index (χ3n) is 10.6. The van der Waals surface area contributed by atoms with Crippen molar-refractivity contribution in [1.82, 2.24) is 9.47 Å². The Hall–Kier alpha value is -5.25. The van der Waals surface area contributed by atoms with Gasteiger partial charge in [-0.15, -0.1) is 0 Å². The van der Waals surface area contributed by atoms with E-state index in [0.717, 1.165) is 5.71 Å². The topological polar surface area (TPSA) is 20.3 Å². The molecule has 0 radical (unpaired) electrons. The largest absolute Gasteiger partial charge is 0.320 e. The van der Waals surface area contributed by atoms with E-state index >= 15 is 0 Å². The van der Waals surface area contributed by atoms with Crippen LogP contribution in [0.4, 0.5) is 0 Å². The van der Waals surface area contributed by atoms with Crippen molar-refractivity contribution in [2.75, 3.05) is 7.05 Å². The van der Waals surface area contributed by atoms with E-state index in [1.54, 1.807) is 0 Å². The third-order valence-corrected chi connectivity index (χ3v) is 10.6. The SMILES string of the molecule is C[N@@]1C(/C(=N\Cn2c3ccccc3c3cc4c(cc32)C(C)(C)c2ccccc2-4)c2cccc(-c3ccccc3)c2)C1c1ccccc1. The number of fused-ring (bicyclic) bond motifs is 6. The van der Waals surface area contributed by atoms with Crippen LogP contribution in [-0.4, -0.2) is 28.3 Å². The molecule has 3 atom stereocenters. The van der Waals surface area contributed by atoms with E-state index in [4.69, 9.17) is 4.99 Å². The molecule has 1 fully saturated rings. The van der Waals surface area contributed by atoms with Crippen LogP contribution in [0.15, 0.2) is 151 Å². The van der Waals surface area contributed by atoms with Crippen molar-refractivity contribution in [2.24, 2.45) is 4.99 Å². The van der Waals surface area contributed by atoms with E-state index in [1.807, 2.05) is 0 Å². The Kier molecular flexibility index (Phi) is 6.35. The molecule has 0 spiro atoms. The van der Waals surface area contributed by atoms with Crippen LogP contribution < -0.4 is 0 Å². The van der Waals surface area contributed by atoms with Gasteiger partial charge < -0.3 is 4.57 Å². The van der Waals surface area contributed by atoms with Crippen molar-refractivity contribution in [1.29, 1.82) is 0 Å². The molecule has 47 heavy (non-hydrogen) atoms. The van der Waals surface area contributed by atoms with Gasteiger partial charge in [0.05, 0.1) is 28.8 Å². The van der Waals surface area contributed by atoms with E-state index in [0.29, 0.717) is 12.7 Å². The Balaban J connectivity index is 1.20. The predicted molar refractivity (Wildman–Crippen MR) is 196 cm³/mol. The van der Waals surface area contributed by atoms with E-state index < -0.39 is 0 Å². The fourth-order valence-electron chi connectivity index (χ4n) is 8.13. The van der Waals surface area contributed by atoms with Crippen molar-refractivity contribution < 1.29 is 0 Å². The van der Waals surface area contributed by atoms with Gasteiger partial charge in [0.25, 0.3) is 0 Å². The molecule has 9 rings (SSSR count). The Morgan fingerprint density at radius 1 is 0.617 bits per heavy atom. The monoisotopic (exact) mass is 607 g/mol. The van der Waals surface area contributed by atoms with Crippen molar-refractivity contribution in [3.8, 4) is 22.3 Å². The standard InChI is InChI=1S/C44H37N3/c1-44(2)37-23-12-10-21-33(37)35-26-36-34-22-11-13-24-39(34)47(40(36)27-38(35)44)28-45-41(43-42(46(43)3)30-17-8-5-9-18-30)32-20-14-19-31(25-32)29-15-6-4-7-16-29/h4-27,42-43H,28H2,1-3H3/b45-41-/t42?,43?,46-/m1/s1. The molecule has 7 aromatic rings. The van der Waals surface area contributed by atoms with Gasteiger partial charge in [-0.2, -0.15) is 0 Å². The molecule has 0 saturated carbocycles. The smallest absolute Gasteiger partial charge is 0.115 e. The first kappa shape index (κ1) is 28.0. The molecule has 1 saturated heterocycles. The summed E-state index contributed by atoms with van der Waals surface area (Å²) in [7, 11) is 2.22. The van der Waals surface area contributed by atoms with Crippen LogP contribution in [0.2, 0.25) is 0 Å². The average Bonchev–Trinajstić information content (AvgIpc) is 3.60. The maximum Gasteiger partial charge on any atom is 0.115 e. The Bertz CT molecular complexity index is 2330. The van der Waals surface area contributed by atoms with Crippen molar-refractivity contribution in [2.45, 2.75) is 38.0 Å². The van der Waals surface area contributed by atoms with Crippen molar-refractivity contribution in [3.05, 3.63) is 168 Å². The summed E-state index contributed by atoms with van der Waals surface area (Å²) in [5, 5.41) is 2.57. The summed E-state index contributed by atoms with van der Waals surface area (Å²) in [6, 6.07) is 53.6. The molecule has 0 N–H and O–H groups in total. The quantitative estimate of drug-likeness (QED) is 0.136. The fraction of sp³-hybridized carbons (Fsp3) is 0.159. The number of aromatic nitrogens is 1. The van der Waals surface area contributed by atoms with Gasteiger partial charge in [0, 0.05) is 16.2 Å². The molecular weight excluding hydrogens is 571 g/mol. The number of aliphatic imine (C=N–C) groups is 1. The Morgan fingerprint density at radius 3 is 2.15 bits per heavy atom. The zero-order chi connectivity index (χ0) is 31.7. The molecule has 0 amide bonds. The van der Waals surface area contributed by atoms with Crippen LogP contribution in [0.5, 0.6) is 0 Å². The first-order valence-electron chi connectivity index (χ1n) is 16.6. The van der Waals surface area contributed by atoms with Crippen LogP contribution in [0, 0.1) is 0 Å². The molecule has 3 nitrogen and oxygen atoms in total. The lowest BCUT2D eigenvalue weighted by atomic mass is 9.82. The first-order chi connectivity index (χ1) is 23.0. The van der Waals surface area contributed by atoms with Gasteiger partial charge in [0.15, 0.2) is 0 Å². The highest BCUT2D eigenvalue weighted by atomic mass is 15.3. The lowest BCUT2D eigenvalue weighted by molar-refractivity contribution is 0.617. The van der Waals surface area contributed by atoms with E-state index in [-0.39, 0.29) is 11.5 Å². The maximum absolute atomic E-state index is 5.57. The van der Waals surface area contributed by atoms with Gasteiger partial charge in [-0.1, -0.05) is 135 Å². The number of rotatable bonds is 6. The molecule has 1 aromatic heterocycles. The lowest BCUT2D eigenvalue weighted by Crippen LogP contribution is -2.15. The number of hydrogen-bond donors (Lipinski definition) is 0. The zero-order valence-corrected chi connectivity index (χ0v) is 27.1. The molecule has 1 aliphatic heterocycles. The number of benzene rings is 6. The minimum absolute atomic E-state index is 0.0622. The molecule has 0 bridgehead atoms. The molecule has 2 unspecified atom stereocenters. The van der Waals surface area contributed by atoms with Crippen LogP contribution >= 0.6 is 0 Å². The highest BCUT2D eigenvalue weighted by Crippen LogP contribution is 2.51. The Morgan fingerprint density at radius 2 is 1.32 bits per heavy atom. The van der Waals surface area contributed by atoms with Gasteiger partial charge in [-0.05, 0) is 75.8 Å². The van der Waals surface area contributed by atoms with E-state index in [2.05, 4.69) is 176 Å². The molecule has 2 heterocycles. The maximum atomic E-state index is 5.57. The second-order valence-electron chi connectivity index (χ2n) is 13.6. The van der Waals surface area contributed by atoms with Gasteiger partial charge in [-0.3, -0.25) is 9.89 Å². The number of nitrogens with zero attached hydrogens (tertiary/aromatic N) is 3. The average molecular weight is 608 g/mol. The molecule has 1 aliphatic carbocycles. The summed E-state index contributed by atoms with van der Waals surface area (Å²) < 4.78 is 2.44. The van der Waals surface area contributed by atoms with Crippen molar-refractivity contribution >= 4 is 27.5 Å². The number of para-hydroxylation sites is 1. The highest BCUT2D eigenvalue weighted by Gasteiger charge is 2.49. The van der Waals surface area contributed by atoms with E-state index in [9.17, 15) is 0 Å².